The van der Waals surface area contributed by atoms with E-state index in [1.54, 1.807) is 33.9 Å². The van der Waals surface area contributed by atoms with Crippen LogP contribution in [0.15, 0.2) is 73.8 Å². The first-order valence-corrected chi connectivity index (χ1v) is 15.5. The Hall–Kier alpha value is -3.75. The van der Waals surface area contributed by atoms with Gasteiger partial charge in [0.1, 0.15) is 11.6 Å². The molecular formula is C36H45N3O5. The van der Waals surface area contributed by atoms with Gasteiger partial charge in [0.2, 0.25) is 11.8 Å². The van der Waals surface area contributed by atoms with E-state index in [1.807, 2.05) is 76.2 Å². The SMILES string of the molecule is C=CCN(C)C(=O)[C@H]1[C@H]2C(=O)N([C@@H](CO)Cc3ccccc3)C(C(=O)N(CC=C)c3cc(C)ccc3C)C23CC(C)[C@]1(C)O3. The zero-order valence-corrected chi connectivity index (χ0v) is 26.5. The summed E-state index contributed by atoms with van der Waals surface area (Å²) >= 11 is 0. The maximum absolute atomic E-state index is 15.1. The van der Waals surface area contributed by atoms with E-state index in [1.165, 1.54) is 0 Å². The summed E-state index contributed by atoms with van der Waals surface area (Å²) in [5, 5.41) is 10.8. The number of rotatable bonds is 11. The largest absolute Gasteiger partial charge is 0.394 e. The number of hydrogen-bond acceptors (Lipinski definition) is 5. The lowest BCUT2D eigenvalue weighted by atomic mass is 9.62. The van der Waals surface area contributed by atoms with Crippen LogP contribution in [0, 0.1) is 31.6 Å². The molecule has 7 atom stereocenters. The van der Waals surface area contributed by atoms with E-state index in [0.29, 0.717) is 19.4 Å². The second-order valence-corrected chi connectivity index (χ2v) is 13.0. The molecular weight excluding hydrogens is 554 g/mol. The lowest BCUT2D eigenvalue weighted by Gasteiger charge is -2.40. The number of carbonyl (C=O) groups is 3. The molecule has 44 heavy (non-hydrogen) atoms. The quantitative estimate of drug-likeness (QED) is 0.393. The average molecular weight is 600 g/mol. The molecule has 2 bridgehead atoms. The van der Waals surface area contributed by atoms with E-state index in [4.69, 9.17) is 4.74 Å². The summed E-state index contributed by atoms with van der Waals surface area (Å²) in [5.41, 5.74) is 1.40. The molecule has 3 saturated heterocycles. The van der Waals surface area contributed by atoms with Crippen LogP contribution in [-0.2, 0) is 25.5 Å². The highest BCUT2D eigenvalue weighted by molar-refractivity contribution is 6.05. The van der Waals surface area contributed by atoms with Gasteiger partial charge in [0.05, 0.1) is 30.1 Å². The van der Waals surface area contributed by atoms with E-state index in [0.717, 1.165) is 22.4 Å². The highest BCUT2D eigenvalue weighted by Crippen LogP contribution is 2.66. The highest BCUT2D eigenvalue weighted by atomic mass is 16.5. The monoisotopic (exact) mass is 599 g/mol. The minimum Gasteiger partial charge on any atom is -0.394 e. The van der Waals surface area contributed by atoms with E-state index < -0.39 is 35.1 Å². The van der Waals surface area contributed by atoms with Crippen LogP contribution in [0.4, 0.5) is 5.69 Å². The summed E-state index contributed by atoms with van der Waals surface area (Å²) in [5.74, 6) is -2.57. The summed E-state index contributed by atoms with van der Waals surface area (Å²) in [6.07, 6.45) is 4.13. The van der Waals surface area contributed by atoms with Crippen molar-refractivity contribution in [2.45, 2.75) is 63.8 Å². The number of nitrogens with zero attached hydrogens (tertiary/aromatic N) is 3. The number of likely N-dealkylation sites (tertiary alicyclic amines) is 1. The fourth-order valence-electron chi connectivity index (χ4n) is 7.98. The van der Waals surface area contributed by atoms with Crippen LogP contribution in [0.25, 0.3) is 0 Å². The third-order valence-corrected chi connectivity index (χ3v) is 10.2. The van der Waals surface area contributed by atoms with Crippen LogP contribution >= 0.6 is 0 Å². The molecule has 1 N–H and O–H groups in total. The lowest BCUT2D eigenvalue weighted by Crippen LogP contribution is -2.59. The molecule has 0 saturated carbocycles. The Labute approximate surface area is 261 Å². The molecule has 3 heterocycles. The number of aliphatic hydroxyl groups is 1. The Morgan fingerprint density at radius 3 is 2.43 bits per heavy atom. The van der Waals surface area contributed by atoms with E-state index >= 15 is 4.79 Å². The first-order chi connectivity index (χ1) is 20.9. The molecule has 1 spiro atoms. The van der Waals surface area contributed by atoms with Gasteiger partial charge >= 0.3 is 0 Å². The Morgan fingerprint density at radius 2 is 1.80 bits per heavy atom. The lowest BCUT2D eigenvalue weighted by molar-refractivity contribution is -0.153. The number of amides is 3. The summed E-state index contributed by atoms with van der Waals surface area (Å²) < 4.78 is 6.95. The predicted molar refractivity (Wildman–Crippen MR) is 171 cm³/mol. The van der Waals surface area contributed by atoms with Crippen molar-refractivity contribution >= 4 is 23.4 Å². The molecule has 234 valence electrons. The Bertz CT molecular complexity index is 1460. The van der Waals surface area contributed by atoms with Crippen molar-refractivity contribution in [1.82, 2.24) is 9.80 Å². The minimum absolute atomic E-state index is 0.0943. The molecule has 8 heteroatoms. The molecule has 0 radical (unpaired) electrons. The molecule has 5 rings (SSSR count). The maximum atomic E-state index is 15.1. The molecule has 3 fully saturated rings. The third-order valence-electron chi connectivity index (χ3n) is 10.2. The van der Waals surface area contributed by atoms with Crippen molar-refractivity contribution in [3.05, 3.63) is 90.5 Å². The van der Waals surface area contributed by atoms with Crippen molar-refractivity contribution in [3.8, 4) is 0 Å². The molecule has 3 aliphatic rings. The highest BCUT2D eigenvalue weighted by Gasteiger charge is 2.80. The van der Waals surface area contributed by atoms with Crippen LogP contribution in [0.3, 0.4) is 0 Å². The number of hydrogen-bond donors (Lipinski definition) is 1. The van der Waals surface area contributed by atoms with Gasteiger partial charge in [-0.25, -0.2) is 0 Å². The van der Waals surface area contributed by atoms with Gasteiger partial charge in [0.15, 0.2) is 0 Å². The molecule has 3 aliphatic heterocycles. The Kier molecular flexibility index (Phi) is 8.62. The van der Waals surface area contributed by atoms with Crippen LogP contribution in [0.2, 0.25) is 0 Å². The zero-order valence-electron chi connectivity index (χ0n) is 26.5. The first kappa shape index (κ1) is 31.7. The van der Waals surface area contributed by atoms with Crippen molar-refractivity contribution in [2.24, 2.45) is 17.8 Å². The van der Waals surface area contributed by atoms with Crippen molar-refractivity contribution < 1.29 is 24.2 Å². The van der Waals surface area contributed by atoms with Crippen LogP contribution in [0.1, 0.15) is 37.0 Å². The minimum atomic E-state index is -1.24. The van der Waals surface area contributed by atoms with Gasteiger partial charge in [-0.15, -0.1) is 13.2 Å². The van der Waals surface area contributed by atoms with Crippen LogP contribution < -0.4 is 4.90 Å². The second-order valence-electron chi connectivity index (χ2n) is 13.0. The molecule has 8 nitrogen and oxygen atoms in total. The fraction of sp³-hybridized carbons (Fsp3) is 0.472. The number of aliphatic hydroxyl groups excluding tert-OH is 1. The summed E-state index contributed by atoms with van der Waals surface area (Å²) in [6.45, 7) is 15.8. The first-order valence-electron chi connectivity index (χ1n) is 15.5. The number of likely N-dealkylation sites (N-methyl/N-ethyl adjacent to an activating group) is 1. The Balaban J connectivity index is 1.68. The molecule has 0 aromatic heterocycles. The number of ether oxygens (including phenoxy) is 1. The number of carbonyl (C=O) groups excluding carboxylic acids is 3. The molecule has 0 aliphatic carbocycles. The molecule has 2 aromatic carbocycles. The van der Waals surface area contributed by atoms with E-state index in [-0.39, 0.29) is 36.8 Å². The van der Waals surface area contributed by atoms with Crippen molar-refractivity contribution in [1.29, 1.82) is 0 Å². The van der Waals surface area contributed by atoms with Crippen LogP contribution in [-0.4, -0.2) is 82.7 Å². The van der Waals surface area contributed by atoms with Gasteiger partial charge in [-0.2, -0.15) is 0 Å². The average Bonchev–Trinajstić information content (AvgIpc) is 3.52. The predicted octanol–water partition coefficient (Wildman–Crippen LogP) is 4.08. The van der Waals surface area contributed by atoms with Gasteiger partial charge in [0.25, 0.3) is 5.91 Å². The van der Waals surface area contributed by atoms with Gasteiger partial charge < -0.3 is 24.5 Å². The van der Waals surface area contributed by atoms with E-state index in [2.05, 4.69) is 13.2 Å². The van der Waals surface area contributed by atoms with Gasteiger partial charge in [-0.3, -0.25) is 14.4 Å². The molecule has 3 amide bonds. The van der Waals surface area contributed by atoms with Crippen molar-refractivity contribution in [3.63, 3.8) is 0 Å². The van der Waals surface area contributed by atoms with Crippen LogP contribution in [0.5, 0.6) is 0 Å². The standard InChI is InChI=1S/C36H45N3O5/c1-8-17-37(7)32(41)29-30-33(42)39(27(22-40)20-26-13-11-10-12-14-26)31(36(30)21-25(5)35(29,6)44-36)34(43)38(18-9-2)28-19-23(3)15-16-24(28)4/h8-16,19,25,27,29-31,40H,1-2,17-18,20-22H2,3-7H3/t25?,27-,29-,30+,31?,35+,36?/m1/s1. The van der Waals surface area contributed by atoms with Gasteiger partial charge in [-0.05, 0) is 62.3 Å². The van der Waals surface area contributed by atoms with Crippen molar-refractivity contribution in [2.75, 3.05) is 31.6 Å². The molecule has 3 unspecified atom stereocenters. The maximum Gasteiger partial charge on any atom is 0.253 e. The normalized spacial score (nSPS) is 29.3. The van der Waals surface area contributed by atoms with Gasteiger partial charge in [0, 0.05) is 25.8 Å². The third kappa shape index (κ3) is 4.88. The Morgan fingerprint density at radius 1 is 1.11 bits per heavy atom. The smallest absolute Gasteiger partial charge is 0.253 e. The summed E-state index contributed by atoms with van der Waals surface area (Å²) in [6, 6.07) is 13.8. The number of benzene rings is 2. The zero-order chi connectivity index (χ0) is 32.0. The summed E-state index contributed by atoms with van der Waals surface area (Å²) in [4.78, 5) is 48.8. The second kappa shape index (κ2) is 12.0. The fourth-order valence-corrected chi connectivity index (χ4v) is 7.98. The number of fused-ring (bicyclic) bond motifs is 1. The van der Waals surface area contributed by atoms with E-state index in [9.17, 15) is 14.7 Å². The number of anilines is 1. The summed E-state index contributed by atoms with van der Waals surface area (Å²) in [7, 11) is 1.70. The number of aryl methyl sites for hydroxylation is 2. The topological polar surface area (TPSA) is 90.4 Å². The molecule has 2 aromatic rings. The van der Waals surface area contributed by atoms with Gasteiger partial charge in [-0.1, -0.05) is 61.5 Å².